The fraction of sp³-hybridized carbons (Fsp3) is 1.00. The summed E-state index contributed by atoms with van der Waals surface area (Å²) >= 11 is 0. The van der Waals surface area contributed by atoms with Gasteiger partial charge in [-0.2, -0.15) is 13.2 Å². The second-order valence-electron chi connectivity index (χ2n) is 5.84. The van der Waals surface area contributed by atoms with E-state index in [1.165, 1.54) is 6.42 Å². The van der Waals surface area contributed by atoms with Gasteiger partial charge < -0.3 is 5.73 Å². The molecule has 4 heteroatoms. The molecule has 0 aliphatic heterocycles. The Balaban J connectivity index is 1.98. The van der Waals surface area contributed by atoms with Gasteiger partial charge in [0.2, 0.25) is 0 Å². The number of hydrogen-bond donors (Lipinski definition) is 1. The highest BCUT2D eigenvalue weighted by Gasteiger charge is 2.70. The first-order valence-electron chi connectivity index (χ1n) is 5.83. The number of rotatable bonds is 0. The molecule has 0 radical (unpaired) electrons. The van der Waals surface area contributed by atoms with Crippen molar-refractivity contribution < 1.29 is 18.9 Å². The standard InChI is InChI=1S/C11H16F3N/c12-11(13,14)10(15)8-2-6-1-7(4-8)5-9(10)3-6/h6-9H,1-5,15H2/p+1. The van der Waals surface area contributed by atoms with Gasteiger partial charge in [-0.25, -0.2) is 0 Å². The molecule has 4 aliphatic carbocycles. The minimum atomic E-state index is -4.10. The highest BCUT2D eigenvalue weighted by atomic mass is 19.4. The van der Waals surface area contributed by atoms with E-state index in [4.69, 9.17) is 0 Å². The van der Waals surface area contributed by atoms with Crippen molar-refractivity contribution in [1.82, 2.24) is 0 Å². The van der Waals surface area contributed by atoms with Crippen LogP contribution in [0.2, 0.25) is 0 Å². The third-order valence-corrected chi connectivity index (χ3v) is 5.12. The average molecular weight is 220 g/mol. The Kier molecular flexibility index (Phi) is 1.79. The zero-order valence-corrected chi connectivity index (χ0v) is 8.69. The van der Waals surface area contributed by atoms with E-state index in [2.05, 4.69) is 5.73 Å². The van der Waals surface area contributed by atoms with Crippen LogP contribution in [0.15, 0.2) is 0 Å². The SMILES string of the molecule is [NH3+]C1(C(F)(F)F)C2CC3CC(C2)CC1C3. The van der Waals surface area contributed by atoms with Crippen LogP contribution in [-0.4, -0.2) is 11.7 Å². The van der Waals surface area contributed by atoms with E-state index in [0.29, 0.717) is 11.8 Å². The molecule has 3 N–H and O–H groups in total. The van der Waals surface area contributed by atoms with Gasteiger partial charge in [0.05, 0.1) is 0 Å². The first kappa shape index (κ1) is 9.94. The fourth-order valence-corrected chi connectivity index (χ4v) is 4.49. The second-order valence-corrected chi connectivity index (χ2v) is 5.84. The van der Waals surface area contributed by atoms with Gasteiger partial charge in [0.25, 0.3) is 0 Å². The Labute approximate surface area is 87.2 Å². The Bertz CT molecular complexity index is 256. The summed E-state index contributed by atoms with van der Waals surface area (Å²) in [5.74, 6) is 0.775. The molecule has 15 heavy (non-hydrogen) atoms. The van der Waals surface area contributed by atoms with Gasteiger partial charge in [0.15, 0.2) is 5.54 Å². The molecule has 0 heterocycles. The van der Waals surface area contributed by atoms with Crippen molar-refractivity contribution in [3.05, 3.63) is 0 Å². The van der Waals surface area contributed by atoms with Crippen LogP contribution >= 0.6 is 0 Å². The summed E-state index contributed by atoms with van der Waals surface area (Å²) in [7, 11) is 0. The van der Waals surface area contributed by atoms with Crippen molar-refractivity contribution in [1.29, 1.82) is 0 Å². The summed E-state index contributed by atoms with van der Waals surface area (Å²) in [6.07, 6.45) is 0.175. The molecule has 86 valence electrons. The average Bonchev–Trinajstić information content (AvgIpc) is 2.10. The lowest BCUT2D eigenvalue weighted by Gasteiger charge is -2.57. The lowest BCUT2D eigenvalue weighted by Crippen LogP contribution is -2.88. The largest absolute Gasteiger partial charge is 0.444 e. The van der Waals surface area contributed by atoms with E-state index < -0.39 is 11.7 Å². The first-order chi connectivity index (χ1) is 6.91. The fourth-order valence-electron chi connectivity index (χ4n) is 4.49. The highest BCUT2D eigenvalue weighted by molar-refractivity contribution is 5.09. The predicted octanol–water partition coefficient (Wildman–Crippen LogP) is 1.99. The lowest BCUT2D eigenvalue weighted by molar-refractivity contribution is -0.581. The minimum absolute atomic E-state index is 0.186. The topological polar surface area (TPSA) is 27.6 Å². The highest BCUT2D eigenvalue weighted by Crippen LogP contribution is 2.60. The Morgan fingerprint density at radius 1 is 0.867 bits per heavy atom. The van der Waals surface area contributed by atoms with Crippen LogP contribution in [0, 0.1) is 23.7 Å². The summed E-state index contributed by atoms with van der Waals surface area (Å²) in [6, 6.07) is 0. The van der Waals surface area contributed by atoms with Crippen molar-refractivity contribution in [2.75, 3.05) is 0 Å². The molecular formula is C11H17F3N+. The molecule has 4 bridgehead atoms. The van der Waals surface area contributed by atoms with Crippen LogP contribution in [0.5, 0.6) is 0 Å². The van der Waals surface area contributed by atoms with E-state index in [1.807, 2.05) is 0 Å². The summed E-state index contributed by atoms with van der Waals surface area (Å²) < 4.78 is 39.4. The third kappa shape index (κ3) is 1.14. The van der Waals surface area contributed by atoms with Crippen LogP contribution in [0.4, 0.5) is 13.2 Å². The second kappa shape index (κ2) is 2.70. The van der Waals surface area contributed by atoms with E-state index in [1.54, 1.807) is 0 Å². The van der Waals surface area contributed by atoms with Gasteiger partial charge in [-0.15, -0.1) is 0 Å². The van der Waals surface area contributed by atoms with E-state index in [9.17, 15) is 13.2 Å². The zero-order valence-electron chi connectivity index (χ0n) is 8.69. The molecule has 0 aromatic carbocycles. The van der Waals surface area contributed by atoms with Gasteiger partial charge in [-0.3, -0.25) is 0 Å². The van der Waals surface area contributed by atoms with E-state index >= 15 is 0 Å². The van der Waals surface area contributed by atoms with Gasteiger partial charge in [-0.05, 0) is 43.9 Å². The Hall–Kier alpha value is -0.250. The third-order valence-electron chi connectivity index (χ3n) is 5.12. The molecule has 4 fully saturated rings. The van der Waals surface area contributed by atoms with E-state index in [-0.39, 0.29) is 11.8 Å². The lowest BCUT2D eigenvalue weighted by atomic mass is 9.48. The molecule has 0 aromatic heterocycles. The normalized spacial score (nSPS) is 53.6. The van der Waals surface area contributed by atoms with Gasteiger partial charge in [0.1, 0.15) is 0 Å². The van der Waals surface area contributed by atoms with Crippen LogP contribution < -0.4 is 5.73 Å². The minimum Gasteiger partial charge on any atom is -0.345 e. The maximum atomic E-state index is 13.1. The van der Waals surface area contributed by atoms with Crippen LogP contribution in [0.1, 0.15) is 32.1 Å². The van der Waals surface area contributed by atoms with Crippen LogP contribution in [0.25, 0.3) is 0 Å². The number of halogens is 3. The smallest absolute Gasteiger partial charge is 0.345 e. The Morgan fingerprint density at radius 2 is 1.27 bits per heavy atom. The molecule has 0 atom stereocenters. The molecule has 0 unspecified atom stereocenters. The van der Waals surface area contributed by atoms with Crippen molar-refractivity contribution in [3.8, 4) is 0 Å². The van der Waals surface area contributed by atoms with Crippen molar-refractivity contribution in [3.63, 3.8) is 0 Å². The molecule has 1 nitrogen and oxygen atoms in total. The number of alkyl halides is 3. The van der Waals surface area contributed by atoms with Crippen LogP contribution in [0.3, 0.4) is 0 Å². The molecule has 4 saturated carbocycles. The molecular weight excluding hydrogens is 203 g/mol. The molecule has 0 amide bonds. The maximum Gasteiger partial charge on any atom is 0.444 e. The van der Waals surface area contributed by atoms with Gasteiger partial charge in [0, 0.05) is 11.8 Å². The maximum absolute atomic E-state index is 13.1. The van der Waals surface area contributed by atoms with Gasteiger partial charge in [-0.1, -0.05) is 0 Å². The molecule has 0 aromatic rings. The van der Waals surface area contributed by atoms with Crippen molar-refractivity contribution in [2.24, 2.45) is 23.7 Å². The summed E-state index contributed by atoms with van der Waals surface area (Å²) in [5.41, 5.74) is 2.00. The number of quaternary nitrogens is 1. The molecule has 4 rings (SSSR count). The van der Waals surface area contributed by atoms with Crippen molar-refractivity contribution in [2.45, 2.75) is 43.8 Å². The van der Waals surface area contributed by atoms with Crippen LogP contribution in [-0.2, 0) is 0 Å². The van der Waals surface area contributed by atoms with Crippen molar-refractivity contribution >= 4 is 0 Å². The molecule has 0 saturated heterocycles. The monoisotopic (exact) mass is 220 g/mol. The van der Waals surface area contributed by atoms with Gasteiger partial charge >= 0.3 is 6.18 Å². The summed E-state index contributed by atoms with van der Waals surface area (Å²) in [6.45, 7) is 0. The molecule has 4 aliphatic rings. The number of hydrogen-bond acceptors (Lipinski definition) is 0. The first-order valence-corrected chi connectivity index (χ1v) is 5.83. The predicted molar refractivity (Wildman–Crippen MR) is 48.7 cm³/mol. The zero-order chi connectivity index (χ0) is 10.8. The summed E-state index contributed by atoms with van der Waals surface area (Å²) in [5, 5.41) is 0. The Morgan fingerprint density at radius 3 is 1.60 bits per heavy atom. The molecule has 0 spiro atoms. The van der Waals surface area contributed by atoms with E-state index in [0.717, 1.165) is 25.7 Å². The quantitative estimate of drug-likeness (QED) is 0.646. The summed E-state index contributed by atoms with van der Waals surface area (Å²) in [4.78, 5) is 0.